The van der Waals surface area contributed by atoms with E-state index in [1.54, 1.807) is 4.68 Å². The smallest absolute Gasteiger partial charge is 0.158 e. The van der Waals surface area contributed by atoms with E-state index in [2.05, 4.69) is 35.3 Å². The third-order valence-electron chi connectivity index (χ3n) is 3.24. The van der Waals surface area contributed by atoms with Crippen LogP contribution in [0.4, 0.5) is 0 Å². The van der Waals surface area contributed by atoms with Crippen LogP contribution < -0.4 is 5.32 Å². The summed E-state index contributed by atoms with van der Waals surface area (Å²) in [6.07, 6.45) is 2.93. The second-order valence-electron chi connectivity index (χ2n) is 5.07. The number of pyridine rings is 1. The van der Waals surface area contributed by atoms with Crippen LogP contribution >= 0.6 is 11.6 Å². The molecule has 108 valence electrons. The Labute approximate surface area is 125 Å². The molecule has 0 spiro atoms. The van der Waals surface area contributed by atoms with Gasteiger partial charge in [-0.1, -0.05) is 18.5 Å². The van der Waals surface area contributed by atoms with Crippen molar-refractivity contribution in [2.75, 3.05) is 6.54 Å². The van der Waals surface area contributed by atoms with Crippen LogP contribution in [0.3, 0.4) is 0 Å². The van der Waals surface area contributed by atoms with Gasteiger partial charge in [0.15, 0.2) is 5.82 Å². The van der Waals surface area contributed by atoms with E-state index in [1.807, 2.05) is 20.0 Å². The van der Waals surface area contributed by atoms with Crippen molar-refractivity contribution >= 4 is 11.6 Å². The standard InChI is InChI=1S/C15H21ClN4/c1-5-6-17-8-13-10(2)7-11(3)18-15(13)20-9-14(16)12(4)19-20/h7,9,17H,5-6,8H2,1-4H3. The van der Waals surface area contributed by atoms with Crippen LogP contribution in [0, 0.1) is 20.8 Å². The van der Waals surface area contributed by atoms with E-state index < -0.39 is 0 Å². The van der Waals surface area contributed by atoms with Crippen LogP contribution in [0.1, 0.15) is 35.9 Å². The number of hydrogen-bond acceptors (Lipinski definition) is 3. The van der Waals surface area contributed by atoms with E-state index >= 15 is 0 Å². The van der Waals surface area contributed by atoms with Gasteiger partial charge in [-0.2, -0.15) is 5.10 Å². The van der Waals surface area contributed by atoms with Gasteiger partial charge in [-0.05, 0) is 45.4 Å². The van der Waals surface area contributed by atoms with Crippen molar-refractivity contribution in [1.82, 2.24) is 20.1 Å². The maximum atomic E-state index is 6.11. The zero-order valence-electron chi connectivity index (χ0n) is 12.5. The van der Waals surface area contributed by atoms with Crippen molar-refractivity contribution in [3.05, 3.63) is 39.8 Å². The number of hydrogen-bond donors (Lipinski definition) is 1. The zero-order valence-corrected chi connectivity index (χ0v) is 13.3. The molecule has 2 aromatic rings. The fraction of sp³-hybridized carbons (Fsp3) is 0.467. The van der Waals surface area contributed by atoms with Gasteiger partial charge in [0.1, 0.15) is 0 Å². The molecule has 2 rings (SSSR count). The molecule has 2 heterocycles. The Balaban J connectivity index is 2.44. The third kappa shape index (κ3) is 3.19. The fourth-order valence-electron chi connectivity index (χ4n) is 2.19. The Hall–Kier alpha value is -1.39. The summed E-state index contributed by atoms with van der Waals surface area (Å²) >= 11 is 6.11. The lowest BCUT2D eigenvalue weighted by atomic mass is 10.1. The molecule has 0 radical (unpaired) electrons. The molecule has 0 bridgehead atoms. The van der Waals surface area contributed by atoms with Crippen molar-refractivity contribution in [2.45, 2.75) is 40.7 Å². The Morgan fingerprint density at radius 2 is 2.05 bits per heavy atom. The maximum absolute atomic E-state index is 6.11. The van der Waals surface area contributed by atoms with E-state index in [0.29, 0.717) is 5.02 Å². The Bertz CT molecular complexity index is 585. The second kappa shape index (κ2) is 6.37. The molecule has 1 N–H and O–H groups in total. The first-order valence-corrected chi connectivity index (χ1v) is 7.30. The molecule has 2 aromatic heterocycles. The van der Waals surface area contributed by atoms with Gasteiger partial charge in [-0.3, -0.25) is 0 Å². The predicted octanol–water partition coefficient (Wildman–Crippen LogP) is 3.35. The van der Waals surface area contributed by atoms with Crippen molar-refractivity contribution in [3.8, 4) is 5.82 Å². The van der Waals surface area contributed by atoms with E-state index in [-0.39, 0.29) is 0 Å². The largest absolute Gasteiger partial charge is 0.313 e. The molecule has 4 nitrogen and oxygen atoms in total. The van der Waals surface area contributed by atoms with Gasteiger partial charge >= 0.3 is 0 Å². The molecule has 20 heavy (non-hydrogen) atoms. The highest BCUT2D eigenvalue weighted by Gasteiger charge is 2.13. The minimum absolute atomic E-state index is 0.665. The second-order valence-corrected chi connectivity index (χ2v) is 5.47. The van der Waals surface area contributed by atoms with Crippen LogP contribution in [-0.4, -0.2) is 21.3 Å². The van der Waals surface area contributed by atoms with Gasteiger partial charge in [-0.15, -0.1) is 0 Å². The molecule has 0 fully saturated rings. The summed E-state index contributed by atoms with van der Waals surface area (Å²) in [6.45, 7) is 9.95. The normalized spacial score (nSPS) is 11.1. The highest BCUT2D eigenvalue weighted by atomic mass is 35.5. The first kappa shape index (κ1) is 15.0. The molecule has 0 atom stereocenters. The van der Waals surface area contributed by atoms with Gasteiger partial charge in [-0.25, -0.2) is 9.67 Å². The third-order valence-corrected chi connectivity index (χ3v) is 3.61. The van der Waals surface area contributed by atoms with Crippen LogP contribution in [0.25, 0.3) is 5.82 Å². The van der Waals surface area contributed by atoms with Gasteiger partial charge in [0.05, 0.1) is 16.9 Å². The molecule has 5 heteroatoms. The van der Waals surface area contributed by atoms with Gasteiger partial charge in [0.25, 0.3) is 0 Å². The molecular formula is C15H21ClN4. The van der Waals surface area contributed by atoms with Crippen molar-refractivity contribution in [3.63, 3.8) is 0 Å². The summed E-state index contributed by atoms with van der Waals surface area (Å²) in [4.78, 5) is 4.64. The van der Waals surface area contributed by atoms with Crippen molar-refractivity contribution in [2.24, 2.45) is 0 Å². The monoisotopic (exact) mass is 292 g/mol. The molecular weight excluding hydrogens is 272 g/mol. The Morgan fingerprint density at radius 3 is 2.65 bits per heavy atom. The summed E-state index contributed by atoms with van der Waals surface area (Å²) in [5.74, 6) is 0.862. The van der Waals surface area contributed by atoms with Gasteiger partial charge in [0, 0.05) is 17.8 Å². The maximum Gasteiger partial charge on any atom is 0.158 e. The highest BCUT2D eigenvalue weighted by Crippen LogP contribution is 2.21. The average Bonchev–Trinajstić information content (AvgIpc) is 2.72. The van der Waals surface area contributed by atoms with Crippen LogP contribution in [0.2, 0.25) is 5.02 Å². The molecule has 0 aliphatic heterocycles. The van der Waals surface area contributed by atoms with E-state index in [1.165, 1.54) is 11.1 Å². The molecule has 0 aliphatic rings. The minimum atomic E-state index is 0.665. The number of nitrogens with zero attached hydrogens (tertiary/aromatic N) is 3. The van der Waals surface area contributed by atoms with E-state index in [0.717, 1.165) is 36.7 Å². The number of halogens is 1. The van der Waals surface area contributed by atoms with Crippen molar-refractivity contribution in [1.29, 1.82) is 0 Å². The molecule has 0 amide bonds. The summed E-state index contributed by atoms with van der Waals surface area (Å²) in [6, 6.07) is 2.10. The summed E-state index contributed by atoms with van der Waals surface area (Å²) in [5.41, 5.74) is 4.20. The number of aryl methyl sites for hydroxylation is 3. The SMILES string of the molecule is CCCNCc1c(C)cc(C)nc1-n1cc(Cl)c(C)n1. The molecule has 0 aromatic carbocycles. The average molecular weight is 293 g/mol. The number of rotatable bonds is 5. The lowest BCUT2D eigenvalue weighted by Gasteiger charge is -2.13. The molecule has 0 saturated heterocycles. The molecule has 0 aliphatic carbocycles. The van der Waals surface area contributed by atoms with Crippen LogP contribution in [0.5, 0.6) is 0 Å². The predicted molar refractivity (Wildman–Crippen MR) is 82.6 cm³/mol. The first-order chi connectivity index (χ1) is 9.52. The fourth-order valence-corrected chi connectivity index (χ4v) is 2.32. The Morgan fingerprint density at radius 1 is 1.30 bits per heavy atom. The Kier molecular flexibility index (Phi) is 4.78. The summed E-state index contributed by atoms with van der Waals surface area (Å²) < 4.78 is 1.78. The summed E-state index contributed by atoms with van der Waals surface area (Å²) in [7, 11) is 0. The number of aromatic nitrogens is 3. The van der Waals surface area contributed by atoms with Crippen molar-refractivity contribution < 1.29 is 0 Å². The van der Waals surface area contributed by atoms with Gasteiger partial charge in [0.2, 0.25) is 0 Å². The lowest BCUT2D eigenvalue weighted by molar-refractivity contribution is 0.662. The van der Waals surface area contributed by atoms with Crippen LogP contribution in [0.15, 0.2) is 12.3 Å². The van der Waals surface area contributed by atoms with E-state index in [9.17, 15) is 0 Å². The zero-order chi connectivity index (χ0) is 14.7. The molecule has 0 unspecified atom stereocenters. The molecule has 0 saturated carbocycles. The topological polar surface area (TPSA) is 42.7 Å². The van der Waals surface area contributed by atoms with E-state index in [4.69, 9.17) is 11.6 Å². The quantitative estimate of drug-likeness (QED) is 0.860. The lowest BCUT2D eigenvalue weighted by Crippen LogP contribution is -2.18. The first-order valence-electron chi connectivity index (χ1n) is 6.93. The highest BCUT2D eigenvalue weighted by molar-refractivity contribution is 6.31. The summed E-state index contributed by atoms with van der Waals surface area (Å²) in [5, 5.41) is 8.54. The number of nitrogens with one attached hydrogen (secondary N) is 1. The van der Waals surface area contributed by atoms with Gasteiger partial charge < -0.3 is 5.32 Å². The van der Waals surface area contributed by atoms with Crippen LogP contribution in [-0.2, 0) is 6.54 Å². The minimum Gasteiger partial charge on any atom is -0.313 e.